The zero-order valence-corrected chi connectivity index (χ0v) is 26.2. The minimum Gasteiger partial charge on any atom is -0.497 e. The van der Waals surface area contributed by atoms with Gasteiger partial charge in [-0.1, -0.05) is 31.2 Å². The molecule has 0 aliphatic heterocycles. The fourth-order valence-corrected chi connectivity index (χ4v) is 4.28. The van der Waals surface area contributed by atoms with Crippen LogP contribution in [0.2, 0.25) is 0 Å². The Morgan fingerprint density at radius 3 is 2.15 bits per heavy atom. The topological polar surface area (TPSA) is 68.0 Å². The van der Waals surface area contributed by atoms with Crippen LogP contribution in [0.15, 0.2) is 42.5 Å². The number of allylic oxidation sites excluding steroid dienone is 2. The SMILES string of the molecule is C/C=C(\C)c1ccc(OC)cc1.C=O.CCN(CCCN)C(C)c1ccc(OCCCCN(C)C)c(C)c1C. The van der Waals surface area contributed by atoms with Crippen molar-refractivity contribution in [2.24, 2.45) is 5.73 Å². The number of nitrogens with zero attached hydrogens (tertiary/aromatic N) is 2. The first-order valence-corrected chi connectivity index (χ1v) is 14.1. The van der Waals surface area contributed by atoms with Gasteiger partial charge in [-0.05, 0) is 140 Å². The van der Waals surface area contributed by atoms with E-state index in [1.807, 2.05) is 25.8 Å². The smallest absolute Gasteiger partial charge is 0.122 e. The first kappa shape index (κ1) is 36.3. The zero-order valence-electron chi connectivity index (χ0n) is 26.2. The lowest BCUT2D eigenvalue weighted by atomic mass is 9.96. The number of hydrogen-bond donors (Lipinski definition) is 1. The number of unbranched alkanes of at least 4 members (excludes halogenated alkanes) is 1. The van der Waals surface area contributed by atoms with E-state index in [0.717, 1.165) is 57.1 Å². The number of rotatable bonds is 14. The van der Waals surface area contributed by atoms with Gasteiger partial charge in [0.05, 0.1) is 13.7 Å². The molecule has 1 unspecified atom stereocenters. The van der Waals surface area contributed by atoms with Gasteiger partial charge in [0.25, 0.3) is 0 Å². The fraction of sp³-hybridized carbons (Fsp3) is 0.545. The van der Waals surface area contributed by atoms with E-state index >= 15 is 0 Å². The molecule has 0 aromatic heterocycles. The molecule has 2 N–H and O–H groups in total. The highest BCUT2D eigenvalue weighted by Crippen LogP contribution is 2.30. The fourth-order valence-electron chi connectivity index (χ4n) is 4.28. The van der Waals surface area contributed by atoms with Crippen LogP contribution in [0, 0.1) is 13.8 Å². The van der Waals surface area contributed by atoms with Crippen LogP contribution in [0.4, 0.5) is 0 Å². The molecule has 0 saturated heterocycles. The summed E-state index contributed by atoms with van der Waals surface area (Å²) < 4.78 is 11.1. The summed E-state index contributed by atoms with van der Waals surface area (Å²) in [6.45, 7) is 19.8. The summed E-state index contributed by atoms with van der Waals surface area (Å²) in [5.41, 5.74) is 12.2. The van der Waals surface area contributed by atoms with Gasteiger partial charge in [-0.2, -0.15) is 0 Å². The number of methoxy groups -OCH3 is 1. The van der Waals surface area contributed by atoms with E-state index < -0.39 is 0 Å². The van der Waals surface area contributed by atoms with Crippen molar-refractivity contribution in [3.63, 3.8) is 0 Å². The lowest BCUT2D eigenvalue weighted by molar-refractivity contribution is -0.0980. The Morgan fingerprint density at radius 2 is 1.64 bits per heavy atom. The van der Waals surface area contributed by atoms with Crippen molar-refractivity contribution in [1.29, 1.82) is 0 Å². The van der Waals surface area contributed by atoms with E-state index in [1.165, 1.54) is 34.2 Å². The number of benzene rings is 2. The molecule has 0 aliphatic carbocycles. The molecule has 0 saturated carbocycles. The Labute approximate surface area is 239 Å². The third-order valence-electron chi connectivity index (χ3n) is 7.07. The first-order chi connectivity index (χ1) is 18.7. The van der Waals surface area contributed by atoms with Gasteiger partial charge < -0.3 is 24.9 Å². The molecule has 0 spiro atoms. The summed E-state index contributed by atoms with van der Waals surface area (Å²) in [5, 5.41) is 0. The molecule has 0 fully saturated rings. The van der Waals surface area contributed by atoms with Crippen molar-refractivity contribution in [1.82, 2.24) is 9.80 Å². The average Bonchev–Trinajstić information content (AvgIpc) is 2.96. The second-order valence-electron chi connectivity index (χ2n) is 9.91. The highest BCUT2D eigenvalue weighted by molar-refractivity contribution is 5.63. The van der Waals surface area contributed by atoms with Gasteiger partial charge in [-0.3, -0.25) is 4.90 Å². The van der Waals surface area contributed by atoms with Gasteiger partial charge in [0, 0.05) is 6.04 Å². The van der Waals surface area contributed by atoms with Crippen LogP contribution < -0.4 is 15.2 Å². The van der Waals surface area contributed by atoms with E-state index in [4.69, 9.17) is 20.0 Å². The van der Waals surface area contributed by atoms with Gasteiger partial charge in [-0.25, -0.2) is 0 Å². The molecule has 0 amide bonds. The van der Waals surface area contributed by atoms with Crippen molar-refractivity contribution >= 4 is 12.4 Å². The summed E-state index contributed by atoms with van der Waals surface area (Å²) in [7, 11) is 5.90. The van der Waals surface area contributed by atoms with Gasteiger partial charge >= 0.3 is 0 Å². The average molecular weight is 542 g/mol. The Kier molecular flexibility index (Phi) is 19.7. The third kappa shape index (κ3) is 13.3. The number of ether oxygens (including phenoxy) is 2. The second kappa shape index (κ2) is 21.2. The molecular weight excluding hydrogens is 486 g/mol. The van der Waals surface area contributed by atoms with E-state index in [0.29, 0.717) is 6.04 Å². The predicted molar refractivity (Wildman–Crippen MR) is 168 cm³/mol. The highest BCUT2D eigenvalue weighted by atomic mass is 16.5. The molecule has 2 aromatic rings. The Morgan fingerprint density at radius 1 is 1.00 bits per heavy atom. The van der Waals surface area contributed by atoms with Crippen molar-refractivity contribution in [2.75, 3.05) is 54.0 Å². The zero-order chi connectivity index (χ0) is 29.8. The lowest BCUT2D eigenvalue weighted by Gasteiger charge is -2.30. The van der Waals surface area contributed by atoms with Gasteiger partial charge in [0.15, 0.2) is 0 Å². The largest absolute Gasteiger partial charge is 0.497 e. The number of nitrogens with two attached hydrogens (primary N) is 1. The highest BCUT2D eigenvalue weighted by Gasteiger charge is 2.18. The van der Waals surface area contributed by atoms with Crippen LogP contribution in [0.5, 0.6) is 11.5 Å². The summed E-state index contributed by atoms with van der Waals surface area (Å²) in [6, 6.07) is 12.9. The van der Waals surface area contributed by atoms with E-state index in [1.54, 1.807) is 7.11 Å². The summed E-state index contributed by atoms with van der Waals surface area (Å²) >= 11 is 0. The molecule has 39 heavy (non-hydrogen) atoms. The molecule has 220 valence electrons. The minimum absolute atomic E-state index is 0.407. The van der Waals surface area contributed by atoms with Crippen LogP contribution in [0.25, 0.3) is 5.57 Å². The lowest BCUT2D eigenvalue weighted by Crippen LogP contribution is -2.29. The summed E-state index contributed by atoms with van der Waals surface area (Å²) in [4.78, 5) is 12.7. The van der Waals surface area contributed by atoms with E-state index in [2.05, 4.69) is 88.9 Å². The molecule has 0 aliphatic rings. The predicted octanol–water partition coefficient (Wildman–Crippen LogP) is 6.69. The van der Waals surface area contributed by atoms with E-state index in [-0.39, 0.29) is 0 Å². The molecule has 2 aromatic carbocycles. The van der Waals surface area contributed by atoms with Crippen LogP contribution in [0.3, 0.4) is 0 Å². The normalized spacial score (nSPS) is 11.8. The summed E-state index contributed by atoms with van der Waals surface area (Å²) in [6.07, 6.45) is 5.41. The maximum Gasteiger partial charge on any atom is 0.122 e. The van der Waals surface area contributed by atoms with Crippen molar-refractivity contribution < 1.29 is 14.3 Å². The van der Waals surface area contributed by atoms with Gasteiger partial charge in [0.2, 0.25) is 0 Å². The molecule has 1 atom stereocenters. The van der Waals surface area contributed by atoms with Crippen LogP contribution in [0.1, 0.15) is 75.3 Å². The molecule has 6 heteroatoms. The maximum absolute atomic E-state index is 8.00. The molecular formula is C33H55N3O3. The molecule has 6 nitrogen and oxygen atoms in total. The van der Waals surface area contributed by atoms with Gasteiger partial charge in [-0.15, -0.1) is 0 Å². The minimum atomic E-state index is 0.407. The van der Waals surface area contributed by atoms with Crippen LogP contribution in [-0.4, -0.2) is 70.6 Å². The number of hydrogen-bond acceptors (Lipinski definition) is 6. The van der Waals surface area contributed by atoms with Crippen molar-refractivity contribution in [3.8, 4) is 11.5 Å². The van der Waals surface area contributed by atoms with Crippen molar-refractivity contribution in [2.45, 2.75) is 66.8 Å². The van der Waals surface area contributed by atoms with E-state index in [9.17, 15) is 0 Å². The van der Waals surface area contributed by atoms with Crippen molar-refractivity contribution in [3.05, 3.63) is 64.7 Å². The van der Waals surface area contributed by atoms with Crippen LogP contribution in [-0.2, 0) is 4.79 Å². The third-order valence-corrected chi connectivity index (χ3v) is 7.07. The number of carbonyl (C=O) groups is 1. The monoisotopic (exact) mass is 541 g/mol. The summed E-state index contributed by atoms with van der Waals surface area (Å²) in [5.74, 6) is 1.94. The second-order valence-corrected chi connectivity index (χ2v) is 9.91. The molecule has 0 bridgehead atoms. The molecule has 0 heterocycles. The standard InChI is InChI=1S/C21H39N3O.C11H14O.CH2O/c1-7-24(15-10-13-22)19(4)20-11-12-21(18(3)17(20)2)25-16-9-8-14-23(5)6;1-4-9(2)10-5-7-11(12-3)8-6-10;1-2/h11-12,19H,7-10,13-16,22H2,1-6H3;4-8H,1-3H3;1H2/b;9-4+;. The number of carbonyl (C=O) groups excluding carboxylic acids is 1. The Bertz CT molecular complexity index is 942. The molecule has 2 rings (SSSR count). The maximum atomic E-state index is 8.00. The van der Waals surface area contributed by atoms with Gasteiger partial charge in [0.1, 0.15) is 18.3 Å². The quantitative estimate of drug-likeness (QED) is 0.269. The van der Waals surface area contributed by atoms with Crippen LogP contribution >= 0.6 is 0 Å². The Hall–Kier alpha value is -2.67. The first-order valence-electron chi connectivity index (χ1n) is 14.1. The molecule has 0 radical (unpaired) electrons. The Balaban J connectivity index is 0.000000858.